The van der Waals surface area contributed by atoms with Gasteiger partial charge in [0.05, 0.1) is 0 Å². The molecule has 1 rings (SSSR count). The van der Waals surface area contributed by atoms with Gasteiger partial charge in [-0.05, 0) is 49.8 Å². The fourth-order valence-corrected chi connectivity index (χ4v) is 2.75. The number of rotatable bonds is 13. The molecule has 1 nitrogen and oxygen atoms in total. The summed E-state index contributed by atoms with van der Waals surface area (Å²) in [6.07, 6.45) is 17.0. The zero-order chi connectivity index (χ0) is 16.8. The molecule has 0 saturated heterocycles. The van der Waals surface area contributed by atoms with Crippen molar-refractivity contribution in [3.8, 4) is 5.75 Å². The molecule has 0 fully saturated rings. The minimum Gasteiger partial charge on any atom is -0.490 e. The van der Waals surface area contributed by atoms with E-state index in [-0.39, 0.29) is 0 Å². The molecule has 0 bridgehead atoms. The van der Waals surface area contributed by atoms with Gasteiger partial charge < -0.3 is 4.74 Å². The Kier molecular flexibility index (Phi) is 11.4. The summed E-state index contributed by atoms with van der Waals surface area (Å²) in [5, 5.41) is 0. The summed E-state index contributed by atoms with van der Waals surface area (Å²) in [4.78, 5) is 0. The lowest BCUT2D eigenvalue weighted by atomic mass is 10.1. The van der Waals surface area contributed by atoms with E-state index in [1.807, 2.05) is 0 Å². The van der Waals surface area contributed by atoms with Crippen LogP contribution in [0.15, 0.2) is 36.4 Å². The lowest BCUT2D eigenvalue weighted by molar-refractivity contribution is 0.190. The Hall–Kier alpha value is -1.24. The van der Waals surface area contributed by atoms with Crippen molar-refractivity contribution in [2.45, 2.75) is 91.1 Å². The molecule has 0 aliphatic carbocycles. The molecule has 130 valence electrons. The Bertz CT molecular complexity index is 404. The molecule has 0 aromatic heterocycles. The molecule has 0 amide bonds. The molecular weight excluding hydrogens is 280 g/mol. The zero-order valence-corrected chi connectivity index (χ0v) is 15.5. The lowest BCUT2D eigenvalue weighted by Gasteiger charge is -2.18. The summed E-state index contributed by atoms with van der Waals surface area (Å²) >= 11 is 0. The fourth-order valence-electron chi connectivity index (χ4n) is 2.75. The van der Waals surface area contributed by atoms with Gasteiger partial charge in [0.25, 0.3) is 0 Å². The van der Waals surface area contributed by atoms with E-state index in [0.717, 1.165) is 25.0 Å². The van der Waals surface area contributed by atoms with Gasteiger partial charge in [0, 0.05) is 6.42 Å². The second-order valence-electron chi connectivity index (χ2n) is 6.45. The molecule has 0 unspecified atom stereocenters. The number of benzene rings is 1. The molecular formula is C22H36O. The third-order valence-corrected chi connectivity index (χ3v) is 4.23. The van der Waals surface area contributed by atoms with Crippen LogP contribution in [0.1, 0.15) is 84.1 Å². The second-order valence-corrected chi connectivity index (χ2v) is 6.45. The average Bonchev–Trinajstić information content (AvgIpc) is 2.58. The smallest absolute Gasteiger partial charge is 0.119 e. The molecule has 1 atom stereocenters. The molecule has 0 aliphatic heterocycles. The Balaban J connectivity index is 2.50. The Labute approximate surface area is 144 Å². The van der Waals surface area contributed by atoms with Crippen LogP contribution >= 0.6 is 0 Å². The highest BCUT2D eigenvalue weighted by Crippen LogP contribution is 2.19. The molecule has 0 spiro atoms. The van der Waals surface area contributed by atoms with Gasteiger partial charge in [-0.3, -0.25) is 0 Å². The van der Waals surface area contributed by atoms with Crippen molar-refractivity contribution >= 4 is 0 Å². The monoisotopic (exact) mass is 316 g/mol. The average molecular weight is 317 g/mol. The number of hydrogen-bond donors (Lipinski definition) is 0. The first-order chi connectivity index (χ1) is 11.3. The summed E-state index contributed by atoms with van der Waals surface area (Å²) < 4.78 is 6.25. The molecule has 0 saturated carbocycles. The van der Waals surface area contributed by atoms with Crippen LogP contribution in [-0.4, -0.2) is 6.10 Å². The van der Waals surface area contributed by atoms with E-state index in [4.69, 9.17) is 4.74 Å². The minimum atomic E-state index is 0.316. The maximum Gasteiger partial charge on any atom is 0.119 e. The van der Waals surface area contributed by atoms with Crippen LogP contribution in [0.5, 0.6) is 5.75 Å². The van der Waals surface area contributed by atoms with Crippen LogP contribution in [0.25, 0.3) is 0 Å². The van der Waals surface area contributed by atoms with Crippen molar-refractivity contribution in [1.29, 1.82) is 0 Å². The van der Waals surface area contributed by atoms with Crippen LogP contribution in [-0.2, 0) is 6.42 Å². The number of unbranched alkanes of at least 4 members (excludes halogenated alkanes) is 4. The van der Waals surface area contributed by atoms with Crippen molar-refractivity contribution in [2.24, 2.45) is 0 Å². The summed E-state index contributed by atoms with van der Waals surface area (Å²) in [5.74, 6) is 1.02. The maximum atomic E-state index is 6.25. The highest BCUT2D eigenvalue weighted by molar-refractivity contribution is 5.27. The van der Waals surface area contributed by atoms with Crippen molar-refractivity contribution in [3.63, 3.8) is 0 Å². The van der Waals surface area contributed by atoms with E-state index in [1.165, 1.54) is 50.5 Å². The predicted octanol–water partition coefficient (Wildman–Crippen LogP) is 7.10. The number of ether oxygens (including phenoxy) is 1. The van der Waals surface area contributed by atoms with Gasteiger partial charge in [0.15, 0.2) is 0 Å². The number of hydrogen-bond acceptors (Lipinski definition) is 1. The molecule has 0 N–H and O–H groups in total. The Morgan fingerprint density at radius 1 is 0.870 bits per heavy atom. The Morgan fingerprint density at radius 3 is 2.26 bits per heavy atom. The van der Waals surface area contributed by atoms with Gasteiger partial charge in [0.2, 0.25) is 0 Å². The third kappa shape index (κ3) is 9.48. The minimum absolute atomic E-state index is 0.316. The summed E-state index contributed by atoms with van der Waals surface area (Å²) in [6, 6.07) is 8.74. The third-order valence-electron chi connectivity index (χ3n) is 4.23. The van der Waals surface area contributed by atoms with Crippen LogP contribution in [0.4, 0.5) is 0 Å². The van der Waals surface area contributed by atoms with E-state index in [1.54, 1.807) is 0 Å². The molecule has 0 heterocycles. The highest BCUT2D eigenvalue weighted by atomic mass is 16.5. The first-order valence-corrected chi connectivity index (χ1v) is 9.70. The van der Waals surface area contributed by atoms with E-state index >= 15 is 0 Å². The second kappa shape index (κ2) is 13.2. The van der Waals surface area contributed by atoms with Gasteiger partial charge in [-0.25, -0.2) is 0 Å². The quantitative estimate of drug-likeness (QED) is 0.278. The highest BCUT2D eigenvalue weighted by Gasteiger charge is 2.09. The maximum absolute atomic E-state index is 6.25. The van der Waals surface area contributed by atoms with Crippen LogP contribution in [0.2, 0.25) is 0 Å². The number of allylic oxidation sites excluding steroid dienone is 1. The molecule has 23 heavy (non-hydrogen) atoms. The van der Waals surface area contributed by atoms with Gasteiger partial charge >= 0.3 is 0 Å². The fraction of sp³-hybridized carbons (Fsp3) is 0.636. The Morgan fingerprint density at radius 2 is 1.61 bits per heavy atom. The molecule has 1 heteroatoms. The molecule has 1 aromatic rings. The van der Waals surface area contributed by atoms with Gasteiger partial charge in [-0.2, -0.15) is 0 Å². The molecule has 1 aromatic carbocycles. The topological polar surface area (TPSA) is 9.23 Å². The first-order valence-electron chi connectivity index (χ1n) is 9.70. The van der Waals surface area contributed by atoms with E-state index < -0.39 is 0 Å². The van der Waals surface area contributed by atoms with Gasteiger partial charge in [0.1, 0.15) is 11.9 Å². The zero-order valence-electron chi connectivity index (χ0n) is 15.5. The van der Waals surface area contributed by atoms with Crippen molar-refractivity contribution in [1.82, 2.24) is 0 Å². The van der Waals surface area contributed by atoms with Gasteiger partial charge in [-0.1, -0.05) is 70.7 Å². The lowest BCUT2D eigenvalue weighted by Crippen LogP contribution is -2.15. The van der Waals surface area contributed by atoms with E-state index in [9.17, 15) is 0 Å². The number of aryl methyl sites for hydroxylation is 1. The normalized spacial score (nSPS) is 12.7. The first kappa shape index (κ1) is 19.8. The van der Waals surface area contributed by atoms with Crippen LogP contribution in [0, 0.1) is 0 Å². The largest absolute Gasteiger partial charge is 0.490 e. The van der Waals surface area contributed by atoms with Crippen LogP contribution < -0.4 is 4.74 Å². The standard InChI is InChI=1S/C22H36O/c1-4-7-10-12-15-21(14-11-8-5-2)23-22-18-16-20(17-19-22)13-9-6-3/h8,11,16-19,21H,4-7,9-10,12-15H2,1-3H3/b11-8+/t21-/m1/s1. The summed E-state index contributed by atoms with van der Waals surface area (Å²) in [6.45, 7) is 6.69. The molecule has 0 aliphatic rings. The van der Waals surface area contributed by atoms with E-state index in [0.29, 0.717) is 6.10 Å². The van der Waals surface area contributed by atoms with Crippen molar-refractivity contribution in [3.05, 3.63) is 42.0 Å². The van der Waals surface area contributed by atoms with Gasteiger partial charge in [-0.15, -0.1) is 0 Å². The predicted molar refractivity (Wildman–Crippen MR) is 102 cm³/mol. The molecule has 0 radical (unpaired) electrons. The van der Waals surface area contributed by atoms with E-state index in [2.05, 4.69) is 57.2 Å². The summed E-state index contributed by atoms with van der Waals surface area (Å²) in [5.41, 5.74) is 1.42. The SMILES string of the molecule is CC/C=C/C[C@H](CCCCCC)Oc1ccc(CCCC)cc1. The van der Waals surface area contributed by atoms with Crippen LogP contribution in [0.3, 0.4) is 0 Å². The van der Waals surface area contributed by atoms with Crippen molar-refractivity contribution in [2.75, 3.05) is 0 Å². The van der Waals surface area contributed by atoms with Crippen molar-refractivity contribution < 1.29 is 4.74 Å². The summed E-state index contributed by atoms with van der Waals surface area (Å²) in [7, 11) is 0.